The lowest BCUT2D eigenvalue weighted by molar-refractivity contribution is 0.445. The Morgan fingerprint density at radius 1 is 0.444 bits per heavy atom. The third kappa shape index (κ3) is 6.15. The normalized spacial score (nSPS) is 14.6. The largest absolute Gasteiger partial charge is 0.456 e. The number of furan rings is 1. The minimum absolute atomic E-state index is 0.0618. The summed E-state index contributed by atoms with van der Waals surface area (Å²) in [5, 5.41) is 4.96. The maximum Gasteiger partial charge on any atom is 0.136 e. The first kappa shape index (κ1) is 37.6. The molecule has 2 heteroatoms. The van der Waals surface area contributed by atoms with Crippen molar-refractivity contribution in [2.24, 2.45) is 0 Å². The van der Waals surface area contributed by atoms with Crippen LogP contribution in [0.3, 0.4) is 0 Å². The smallest absolute Gasteiger partial charge is 0.136 e. The number of fused-ring (bicyclic) bond motifs is 7. The van der Waals surface area contributed by atoms with Gasteiger partial charge in [0.1, 0.15) is 11.2 Å². The average Bonchev–Trinajstić information content (AvgIpc) is 3.84. The molecule has 304 valence electrons. The fourth-order valence-corrected chi connectivity index (χ4v) is 11.2. The van der Waals surface area contributed by atoms with Crippen LogP contribution in [0.5, 0.6) is 0 Å². The topological polar surface area (TPSA) is 16.4 Å². The zero-order chi connectivity index (χ0) is 42.1. The van der Waals surface area contributed by atoms with Crippen LogP contribution in [0.25, 0.3) is 77.2 Å². The summed E-state index contributed by atoms with van der Waals surface area (Å²) in [4.78, 5) is 2.50. The third-order valence-electron chi connectivity index (χ3n) is 14.3. The molecule has 0 amide bonds. The van der Waals surface area contributed by atoms with Crippen LogP contribution in [0, 0.1) is 0 Å². The van der Waals surface area contributed by atoms with Crippen molar-refractivity contribution in [1.29, 1.82) is 0 Å². The highest BCUT2D eigenvalue weighted by Crippen LogP contribution is 2.51. The van der Waals surface area contributed by atoms with E-state index in [9.17, 15) is 0 Å². The number of hydrogen-bond donors (Lipinski definition) is 0. The monoisotopic (exact) mass is 811 g/mol. The highest BCUT2D eigenvalue weighted by molar-refractivity contribution is 6.14. The number of rotatable bonds is 7. The Kier molecular flexibility index (Phi) is 8.97. The summed E-state index contributed by atoms with van der Waals surface area (Å²) in [6.07, 6.45) is 6.45. The van der Waals surface area contributed by atoms with Gasteiger partial charge in [-0.3, -0.25) is 0 Å². The quantitative estimate of drug-likeness (QED) is 0.159. The summed E-state index contributed by atoms with van der Waals surface area (Å²) in [5.41, 5.74) is 19.3. The molecule has 0 bridgehead atoms. The molecule has 2 aliphatic carbocycles. The van der Waals surface area contributed by atoms with E-state index in [0.717, 1.165) is 50.1 Å². The van der Waals surface area contributed by atoms with Gasteiger partial charge in [-0.15, -0.1) is 0 Å². The first-order valence-electron chi connectivity index (χ1n) is 22.8. The van der Waals surface area contributed by atoms with Gasteiger partial charge in [0.05, 0.1) is 11.4 Å². The lowest BCUT2D eigenvalue weighted by Gasteiger charge is -2.31. The second-order valence-corrected chi connectivity index (χ2v) is 18.2. The molecule has 0 atom stereocenters. The molecule has 1 fully saturated rings. The number of anilines is 3. The average molecular weight is 812 g/mol. The van der Waals surface area contributed by atoms with Gasteiger partial charge < -0.3 is 9.32 Å². The highest BCUT2D eigenvalue weighted by atomic mass is 16.3. The van der Waals surface area contributed by atoms with Gasteiger partial charge in [-0.25, -0.2) is 0 Å². The molecule has 63 heavy (non-hydrogen) atoms. The summed E-state index contributed by atoms with van der Waals surface area (Å²) in [5.74, 6) is 0.573. The summed E-state index contributed by atoms with van der Waals surface area (Å²) >= 11 is 0. The fourth-order valence-electron chi connectivity index (χ4n) is 11.2. The van der Waals surface area contributed by atoms with Gasteiger partial charge in [0, 0.05) is 33.0 Å². The van der Waals surface area contributed by atoms with Crippen molar-refractivity contribution >= 4 is 49.8 Å². The van der Waals surface area contributed by atoms with Crippen molar-refractivity contribution in [2.45, 2.75) is 57.3 Å². The van der Waals surface area contributed by atoms with E-state index in [4.69, 9.17) is 4.42 Å². The van der Waals surface area contributed by atoms with Crippen LogP contribution >= 0.6 is 0 Å². The standard InChI is InChI=1S/C61H49NO/c1-61(2)53-28-10-6-21-46(53)47-38-35-43(39-54(47)61)40-33-36-44(37-34-40)62(56-30-12-8-23-49(56)51-27-16-32-58-60(51)52-24-9-13-31-57(52)63-58)55-29-11-7-22-48(55)50-26-15-20-42-19-14-25-45(59(42)50)41-17-4-3-5-18-41/h6-16,19-39,41H,3-5,17-18H2,1-2H3. The lowest BCUT2D eigenvalue weighted by atomic mass is 9.80. The highest BCUT2D eigenvalue weighted by Gasteiger charge is 2.35. The number of nitrogens with zero attached hydrogens (tertiary/aromatic N) is 1. The predicted molar refractivity (Wildman–Crippen MR) is 266 cm³/mol. The van der Waals surface area contributed by atoms with Crippen molar-refractivity contribution in [1.82, 2.24) is 0 Å². The molecule has 12 rings (SSSR count). The molecular formula is C61H49NO. The first-order chi connectivity index (χ1) is 31.0. The van der Waals surface area contributed by atoms with E-state index < -0.39 is 0 Å². The Balaban J connectivity index is 1.06. The Hall–Kier alpha value is -7.16. The van der Waals surface area contributed by atoms with Crippen molar-refractivity contribution in [3.63, 3.8) is 0 Å². The predicted octanol–water partition coefficient (Wildman–Crippen LogP) is 17.6. The first-order valence-corrected chi connectivity index (χ1v) is 22.8. The van der Waals surface area contributed by atoms with E-state index in [1.54, 1.807) is 0 Å². The molecular weight excluding hydrogens is 763 g/mol. The van der Waals surface area contributed by atoms with E-state index in [-0.39, 0.29) is 5.41 Å². The van der Waals surface area contributed by atoms with E-state index >= 15 is 0 Å². The summed E-state index contributed by atoms with van der Waals surface area (Å²) in [7, 11) is 0. The molecule has 1 heterocycles. The van der Waals surface area contributed by atoms with E-state index in [0.29, 0.717) is 5.92 Å². The molecule has 0 radical (unpaired) electrons. The molecule has 0 N–H and O–H groups in total. The minimum atomic E-state index is -0.0618. The van der Waals surface area contributed by atoms with Crippen LogP contribution in [0.15, 0.2) is 199 Å². The van der Waals surface area contributed by atoms with E-state index in [2.05, 4.69) is 213 Å². The lowest BCUT2D eigenvalue weighted by Crippen LogP contribution is -2.14. The second kappa shape index (κ2) is 15.0. The van der Waals surface area contributed by atoms with Crippen LogP contribution in [-0.4, -0.2) is 0 Å². The SMILES string of the molecule is CC1(C)c2ccccc2-c2ccc(-c3ccc(N(c4ccccc4-c4cccc5cccc(C6CCCCC6)c45)c4ccccc4-c4cccc5oc6ccccc6c45)cc3)cc21. The number of para-hydroxylation sites is 3. The Labute approximate surface area is 370 Å². The molecule has 9 aromatic carbocycles. The van der Waals surface area contributed by atoms with E-state index in [1.165, 1.54) is 92.9 Å². The van der Waals surface area contributed by atoms with Crippen molar-refractivity contribution < 1.29 is 4.42 Å². The van der Waals surface area contributed by atoms with Gasteiger partial charge in [0.2, 0.25) is 0 Å². The number of benzene rings is 9. The zero-order valence-electron chi connectivity index (χ0n) is 35.9. The zero-order valence-corrected chi connectivity index (χ0v) is 35.9. The molecule has 0 spiro atoms. The van der Waals surface area contributed by atoms with Gasteiger partial charge in [0.15, 0.2) is 0 Å². The fraction of sp³-hybridized carbons (Fsp3) is 0.148. The molecule has 0 saturated heterocycles. The second-order valence-electron chi connectivity index (χ2n) is 18.2. The maximum absolute atomic E-state index is 6.46. The maximum atomic E-state index is 6.46. The Bertz CT molecular complexity index is 3360. The Morgan fingerprint density at radius 3 is 1.78 bits per heavy atom. The summed E-state index contributed by atoms with van der Waals surface area (Å²) < 4.78 is 6.46. The molecule has 0 aliphatic heterocycles. The summed E-state index contributed by atoms with van der Waals surface area (Å²) in [6.45, 7) is 4.72. The van der Waals surface area contributed by atoms with Gasteiger partial charge >= 0.3 is 0 Å². The van der Waals surface area contributed by atoms with Gasteiger partial charge in [0.25, 0.3) is 0 Å². The van der Waals surface area contributed by atoms with Crippen LogP contribution < -0.4 is 4.90 Å². The number of hydrogen-bond acceptors (Lipinski definition) is 2. The van der Waals surface area contributed by atoms with Crippen molar-refractivity contribution in [2.75, 3.05) is 4.90 Å². The van der Waals surface area contributed by atoms with Crippen molar-refractivity contribution in [3.05, 3.63) is 211 Å². The van der Waals surface area contributed by atoms with Crippen LogP contribution in [0.4, 0.5) is 17.1 Å². The van der Waals surface area contributed by atoms with Gasteiger partial charge in [-0.05, 0) is 122 Å². The Morgan fingerprint density at radius 2 is 1.02 bits per heavy atom. The molecule has 0 unspecified atom stereocenters. The van der Waals surface area contributed by atoms with E-state index in [1.807, 2.05) is 0 Å². The molecule has 2 aliphatic rings. The van der Waals surface area contributed by atoms with Gasteiger partial charge in [-0.1, -0.05) is 185 Å². The minimum Gasteiger partial charge on any atom is -0.456 e. The summed E-state index contributed by atoms with van der Waals surface area (Å²) in [6, 6.07) is 71.9. The third-order valence-corrected chi connectivity index (χ3v) is 14.3. The van der Waals surface area contributed by atoms with Crippen LogP contribution in [0.1, 0.15) is 68.6 Å². The molecule has 1 saturated carbocycles. The van der Waals surface area contributed by atoms with Crippen LogP contribution in [0.2, 0.25) is 0 Å². The molecule has 1 aromatic heterocycles. The van der Waals surface area contributed by atoms with Crippen LogP contribution in [-0.2, 0) is 5.41 Å². The van der Waals surface area contributed by atoms with Gasteiger partial charge in [-0.2, -0.15) is 0 Å². The molecule has 10 aromatic rings. The van der Waals surface area contributed by atoms with Crippen molar-refractivity contribution in [3.8, 4) is 44.5 Å². The molecule has 2 nitrogen and oxygen atoms in total.